The molecule has 6 nitrogen and oxygen atoms in total. The summed E-state index contributed by atoms with van der Waals surface area (Å²) in [6.45, 7) is 2.47. The predicted octanol–water partition coefficient (Wildman–Crippen LogP) is 4.29. The molecule has 0 saturated carbocycles. The lowest BCUT2D eigenvalue weighted by atomic mass is 10.2. The van der Waals surface area contributed by atoms with Gasteiger partial charge in [-0.2, -0.15) is 0 Å². The number of anilines is 1. The number of benzene rings is 3. The van der Waals surface area contributed by atoms with Gasteiger partial charge >= 0.3 is 0 Å². The Morgan fingerprint density at radius 2 is 1.74 bits per heavy atom. The topological polar surface area (TPSA) is 76.4 Å². The lowest BCUT2D eigenvalue weighted by Gasteiger charge is -2.17. The number of carbonyl (C=O) groups is 1. The fourth-order valence-corrected chi connectivity index (χ4v) is 3.55. The third-order valence-electron chi connectivity index (χ3n) is 5.04. The van der Waals surface area contributed by atoms with Gasteiger partial charge in [-0.1, -0.05) is 49.4 Å². The van der Waals surface area contributed by atoms with Crippen LogP contribution in [0, 0.1) is 0 Å². The highest BCUT2D eigenvalue weighted by molar-refractivity contribution is 6.06. The Morgan fingerprint density at radius 3 is 2.55 bits per heavy atom. The minimum atomic E-state index is -0.756. The second kappa shape index (κ2) is 9.45. The number of amides is 1. The van der Waals surface area contributed by atoms with E-state index >= 15 is 0 Å². The van der Waals surface area contributed by atoms with Gasteiger partial charge in [0.2, 0.25) is 0 Å². The van der Waals surface area contributed by atoms with Crippen LogP contribution in [0.2, 0.25) is 0 Å². The van der Waals surface area contributed by atoms with Gasteiger partial charge in [-0.15, -0.1) is 0 Å². The van der Waals surface area contributed by atoms with E-state index in [2.05, 4.69) is 10.3 Å². The number of nitrogens with one attached hydrogen (secondary N) is 1. The number of para-hydroxylation sites is 4. The smallest absolute Gasteiger partial charge is 0.259 e. The molecule has 0 radical (unpaired) electrons. The molecule has 1 amide bonds. The quantitative estimate of drug-likeness (QED) is 0.450. The van der Waals surface area contributed by atoms with Crippen molar-refractivity contribution in [2.24, 2.45) is 0 Å². The van der Waals surface area contributed by atoms with Gasteiger partial charge in [0.25, 0.3) is 5.91 Å². The number of rotatable bonds is 8. The van der Waals surface area contributed by atoms with Crippen molar-refractivity contribution in [1.29, 1.82) is 0 Å². The summed E-state index contributed by atoms with van der Waals surface area (Å²) in [5.41, 5.74) is 3.03. The fraction of sp³-hybridized carbons (Fsp3) is 0.200. The molecule has 158 valence electrons. The second-order valence-electron chi connectivity index (χ2n) is 7.26. The van der Waals surface area contributed by atoms with Crippen LogP contribution in [-0.2, 0) is 13.0 Å². The van der Waals surface area contributed by atoms with Gasteiger partial charge in [-0.3, -0.25) is 4.79 Å². The first kappa shape index (κ1) is 20.6. The summed E-state index contributed by atoms with van der Waals surface area (Å²) >= 11 is 0. The van der Waals surface area contributed by atoms with Gasteiger partial charge < -0.3 is 19.7 Å². The average Bonchev–Trinajstić information content (AvgIpc) is 3.16. The number of aromatic nitrogens is 2. The Labute approximate surface area is 181 Å². The molecule has 1 unspecified atom stereocenters. The number of ether oxygens (including phenoxy) is 1. The van der Waals surface area contributed by atoms with Gasteiger partial charge in [0.1, 0.15) is 24.3 Å². The summed E-state index contributed by atoms with van der Waals surface area (Å²) in [5, 5.41) is 13.5. The average molecular weight is 415 g/mol. The molecule has 6 heteroatoms. The second-order valence-corrected chi connectivity index (χ2v) is 7.26. The highest BCUT2D eigenvalue weighted by Gasteiger charge is 2.16. The molecule has 3 aromatic carbocycles. The minimum Gasteiger partial charge on any atom is -0.490 e. The van der Waals surface area contributed by atoms with Gasteiger partial charge in [0.15, 0.2) is 0 Å². The molecular formula is C25H25N3O3. The number of aliphatic hydroxyl groups excluding tert-OH is 1. The van der Waals surface area contributed by atoms with E-state index in [1.807, 2.05) is 66.1 Å². The van der Waals surface area contributed by atoms with Gasteiger partial charge in [-0.05, 0) is 36.4 Å². The van der Waals surface area contributed by atoms with E-state index in [9.17, 15) is 9.90 Å². The van der Waals surface area contributed by atoms with Crippen LogP contribution in [-0.4, -0.2) is 33.3 Å². The summed E-state index contributed by atoms with van der Waals surface area (Å²) in [5.74, 6) is 1.09. The molecule has 1 heterocycles. The molecule has 0 saturated heterocycles. The van der Waals surface area contributed by atoms with Crippen LogP contribution in [0.25, 0.3) is 11.0 Å². The first-order valence-corrected chi connectivity index (χ1v) is 10.4. The lowest BCUT2D eigenvalue weighted by molar-refractivity contribution is 0.0901. The summed E-state index contributed by atoms with van der Waals surface area (Å²) in [6.07, 6.45) is 0.0123. The molecule has 0 aliphatic heterocycles. The van der Waals surface area contributed by atoms with E-state index in [1.165, 1.54) is 0 Å². The van der Waals surface area contributed by atoms with Gasteiger partial charge in [0, 0.05) is 12.1 Å². The van der Waals surface area contributed by atoms with Crippen molar-refractivity contribution in [2.45, 2.75) is 26.0 Å². The van der Waals surface area contributed by atoms with E-state index in [0.717, 1.165) is 23.3 Å². The van der Waals surface area contributed by atoms with Crippen molar-refractivity contribution >= 4 is 22.6 Å². The van der Waals surface area contributed by atoms with Crippen LogP contribution < -0.4 is 10.1 Å². The zero-order valence-electron chi connectivity index (χ0n) is 17.4. The number of aliphatic hydroxyl groups is 1. The number of nitrogens with zero attached hydrogens (tertiary/aromatic N) is 2. The van der Waals surface area contributed by atoms with Crippen molar-refractivity contribution in [3.05, 3.63) is 90.3 Å². The van der Waals surface area contributed by atoms with E-state index in [1.54, 1.807) is 24.3 Å². The maximum absolute atomic E-state index is 12.7. The number of hydrogen-bond donors (Lipinski definition) is 2. The van der Waals surface area contributed by atoms with E-state index in [4.69, 9.17) is 4.74 Å². The highest BCUT2D eigenvalue weighted by atomic mass is 16.5. The van der Waals surface area contributed by atoms with Crippen LogP contribution in [0.1, 0.15) is 23.1 Å². The molecular weight excluding hydrogens is 390 g/mol. The van der Waals surface area contributed by atoms with Crippen LogP contribution in [0.15, 0.2) is 78.9 Å². The maximum Gasteiger partial charge on any atom is 0.259 e. The minimum absolute atomic E-state index is 0.0608. The maximum atomic E-state index is 12.7. The molecule has 0 fully saturated rings. The molecule has 0 aliphatic rings. The van der Waals surface area contributed by atoms with Crippen LogP contribution in [0.5, 0.6) is 5.75 Å². The highest BCUT2D eigenvalue weighted by Crippen LogP contribution is 2.21. The van der Waals surface area contributed by atoms with Gasteiger partial charge in [-0.25, -0.2) is 4.98 Å². The first-order chi connectivity index (χ1) is 15.2. The lowest BCUT2D eigenvalue weighted by Crippen LogP contribution is -2.25. The summed E-state index contributed by atoms with van der Waals surface area (Å²) < 4.78 is 7.87. The van der Waals surface area contributed by atoms with Crippen molar-refractivity contribution in [3.63, 3.8) is 0 Å². The molecule has 2 N–H and O–H groups in total. The normalized spacial score (nSPS) is 11.9. The molecule has 1 atom stereocenters. The summed E-state index contributed by atoms with van der Waals surface area (Å²) in [4.78, 5) is 17.3. The van der Waals surface area contributed by atoms with Crippen LogP contribution >= 0.6 is 0 Å². The molecule has 0 spiro atoms. The van der Waals surface area contributed by atoms with Crippen molar-refractivity contribution < 1.29 is 14.6 Å². The molecule has 0 bridgehead atoms. The number of carbonyl (C=O) groups excluding carboxylic acids is 1. The number of fused-ring (bicyclic) bond motifs is 1. The Bertz CT molecular complexity index is 1170. The number of hydrogen-bond acceptors (Lipinski definition) is 4. The Kier molecular flexibility index (Phi) is 6.29. The number of imidazole rings is 1. The summed E-state index contributed by atoms with van der Waals surface area (Å²) in [6, 6.07) is 24.2. The molecule has 4 aromatic rings. The van der Waals surface area contributed by atoms with Crippen molar-refractivity contribution in [2.75, 3.05) is 11.9 Å². The Balaban J connectivity index is 1.45. The zero-order chi connectivity index (χ0) is 21.6. The van der Waals surface area contributed by atoms with E-state index < -0.39 is 6.10 Å². The molecule has 31 heavy (non-hydrogen) atoms. The van der Waals surface area contributed by atoms with Crippen LogP contribution in [0.4, 0.5) is 5.69 Å². The third kappa shape index (κ3) is 4.75. The summed E-state index contributed by atoms with van der Waals surface area (Å²) in [7, 11) is 0. The first-order valence-electron chi connectivity index (χ1n) is 10.4. The van der Waals surface area contributed by atoms with Gasteiger partial charge in [0.05, 0.1) is 23.1 Å². The zero-order valence-corrected chi connectivity index (χ0v) is 17.4. The standard InChI is InChI=1S/C25H25N3O3/c1-2-24-27-21-13-7-8-14-22(21)28(24)16-19(29)17-31-23-15-9-6-12-20(23)25(30)26-18-10-4-3-5-11-18/h3-15,19,29H,2,16-17H2,1H3,(H,26,30). The number of aryl methyl sites for hydroxylation is 1. The Hall–Kier alpha value is -3.64. The van der Waals surface area contributed by atoms with E-state index in [0.29, 0.717) is 23.5 Å². The predicted molar refractivity (Wildman–Crippen MR) is 121 cm³/mol. The molecule has 4 rings (SSSR count). The fourth-order valence-electron chi connectivity index (χ4n) is 3.55. The SMILES string of the molecule is CCc1nc2ccccc2n1CC(O)COc1ccccc1C(=O)Nc1ccccc1. The monoisotopic (exact) mass is 415 g/mol. The van der Waals surface area contributed by atoms with E-state index in [-0.39, 0.29) is 12.5 Å². The molecule has 1 aromatic heterocycles. The largest absolute Gasteiger partial charge is 0.490 e. The van der Waals surface area contributed by atoms with Crippen LogP contribution in [0.3, 0.4) is 0 Å². The molecule has 0 aliphatic carbocycles. The third-order valence-corrected chi connectivity index (χ3v) is 5.04. The Morgan fingerprint density at radius 1 is 1.03 bits per heavy atom. The van der Waals surface area contributed by atoms with Crippen molar-refractivity contribution in [3.8, 4) is 5.75 Å². The van der Waals surface area contributed by atoms with Crippen molar-refractivity contribution in [1.82, 2.24) is 9.55 Å².